The molecule has 1 aromatic rings. The second-order valence-corrected chi connectivity index (χ2v) is 4.61. The van der Waals surface area contributed by atoms with E-state index in [4.69, 9.17) is 10.5 Å². The second kappa shape index (κ2) is 6.96. The minimum absolute atomic E-state index is 0.0267. The molecule has 0 radical (unpaired) electrons. The molecule has 1 aromatic heterocycles. The summed E-state index contributed by atoms with van der Waals surface area (Å²) in [6, 6.07) is 3.60. The van der Waals surface area contributed by atoms with Crippen molar-refractivity contribution in [3.05, 3.63) is 28.0 Å². The van der Waals surface area contributed by atoms with Crippen molar-refractivity contribution >= 4 is 28.8 Å². The van der Waals surface area contributed by atoms with Crippen LogP contribution in [0, 0.1) is 0 Å². The number of ether oxygens (including phenoxy) is 1. The third kappa shape index (κ3) is 3.43. The number of ketones is 1. The summed E-state index contributed by atoms with van der Waals surface area (Å²) in [5.74, 6) is -0.899. The highest BCUT2D eigenvalue weighted by molar-refractivity contribution is 7.11. The highest BCUT2D eigenvalue weighted by atomic mass is 32.1. The predicted octanol–water partition coefficient (Wildman–Crippen LogP) is 2.35. The smallest absolute Gasteiger partial charge is 0.343 e. The van der Waals surface area contributed by atoms with Gasteiger partial charge in [-0.05, 0) is 24.8 Å². The molecule has 0 bridgehead atoms. The Morgan fingerprint density at radius 3 is 2.61 bits per heavy atom. The number of hydrogen-bond donors (Lipinski definition) is 1. The standard InChI is InChI=1S/C13H17NO3S/c1-3-6-9(15)11(13(16)17-4-2)12(14)10-7-5-8-18-10/h5,7-8H,3-4,6,14H2,1-2H3. The van der Waals surface area contributed by atoms with Gasteiger partial charge in [-0.2, -0.15) is 0 Å². The number of carbonyl (C=O) groups excluding carboxylic acids is 2. The summed E-state index contributed by atoms with van der Waals surface area (Å²) in [7, 11) is 0. The first-order valence-corrected chi connectivity index (χ1v) is 6.73. The molecule has 98 valence electrons. The number of thiophene rings is 1. The van der Waals surface area contributed by atoms with E-state index in [9.17, 15) is 9.59 Å². The third-order valence-electron chi connectivity index (χ3n) is 2.29. The van der Waals surface area contributed by atoms with Crippen molar-refractivity contribution in [3.63, 3.8) is 0 Å². The molecular weight excluding hydrogens is 250 g/mol. The van der Waals surface area contributed by atoms with Gasteiger partial charge in [0.05, 0.1) is 17.2 Å². The lowest BCUT2D eigenvalue weighted by atomic mass is 10.0. The van der Waals surface area contributed by atoms with E-state index in [-0.39, 0.29) is 23.7 Å². The maximum Gasteiger partial charge on any atom is 0.343 e. The van der Waals surface area contributed by atoms with Crippen LogP contribution in [0.2, 0.25) is 0 Å². The molecule has 0 saturated heterocycles. The van der Waals surface area contributed by atoms with Crippen molar-refractivity contribution in [2.24, 2.45) is 5.73 Å². The number of carbonyl (C=O) groups is 2. The van der Waals surface area contributed by atoms with Crippen molar-refractivity contribution in [2.75, 3.05) is 6.61 Å². The van der Waals surface area contributed by atoms with E-state index in [1.165, 1.54) is 11.3 Å². The van der Waals surface area contributed by atoms with Gasteiger partial charge in [0.15, 0.2) is 5.78 Å². The van der Waals surface area contributed by atoms with Gasteiger partial charge in [0.25, 0.3) is 0 Å². The number of Topliss-reactive ketones (excluding diaryl/α,β-unsaturated/α-hetero) is 1. The van der Waals surface area contributed by atoms with Crippen molar-refractivity contribution in [3.8, 4) is 0 Å². The van der Waals surface area contributed by atoms with Crippen molar-refractivity contribution in [1.29, 1.82) is 0 Å². The first-order chi connectivity index (χ1) is 8.61. The topological polar surface area (TPSA) is 69.4 Å². The Labute approximate surface area is 110 Å². The van der Waals surface area contributed by atoms with Crippen LogP contribution in [-0.4, -0.2) is 18.4 Å². The molecule has 0 atom stereocenters. The van der Waals surface area contributed by atoms with Crippen LogP contribution >= 0.6 is 11.3 Å². The van der Waals surface area contributed by atoms with Gasteiger partial charge in [-0.15, -0.1) is 11.3 Å². The molecule has 0 aliphatic rings. The minimum Gasteiger partial charge on any atom is -0.462 e. The van der Waals surface area contributed by atoms with E-state index in [1.54, 1.807) is 13.0 Å². The van der Waals surface area contributed by atoms with Gasteiger partial charge in [-0.3, -0.25) is 4.79 Å². The van der Waals surface area contributed by atoms with E-state index in [1.807, 2.05) is 18.4 Å². The molecule has 0 amide bonds. The highest BCUT2D eigenvalue weighted by Crippen LogP contribution is 2.21. The molecule has 0 spiro atoms. The summed E-state index contributed by atoms with van der Waals surface area (Å²) in [6.07, 6.45) is 0.958. The quantitative estimate of drug-likeness (QED) is 0.372. The van der Waals surface area contributed by atoms with Crippen LogP contribution in [0.25, 0.3) is 5.70 Å². The van der Waals surface area contributed by atoms with Crippen molar-refractivity contribution < 1.29 is 14.3 Å². The predicted molar refractivity (Wildman–Crippen MR) is 72.0 cm³/mol. The van der Waals surface area contributed by atoms with Gasteiger partial charge in [-0.25, -0.2) is 4.79 Å². The molecule has 5 heteroatoms. The highest BCUT2D eigenvalue weighted by Gasteiger charge is 2.23. The first-order valence-electron chi connectivity index (χ1n) is 5.85. The Bertz CT molecular complexity index is 429. The zero-order chi connectivity index (χ0) is 13.5. The Hall–Kier alpha value is -1.62. The molecule has 18 heavy (non-hydrogen) atoms. The second-order valence-electron chi connectivity index (χ2n) is 3.66. The molecule has 0 aliphatic carbocycles. The van der Waals surface area contributed by atoms with E-state index >= 15 is 0 Å². The molecule has 0 aromatic carbocycles. The van der Waals surface area contributed by atoms with Crippen LogP contribution in [0.15, 0.2) is 23.1 Å². The summed E-state index contributed by atoms with van der Waals surface area (Å²) < 4.78 is 4.90. The first kappa shape index (κ1) is 14.4. The van der Waals surface area contributed by atoms with E-state index in [0.29, 0.717) is 17.7 Å². The zero-order valence-corrected chi connectivity index (χ0v) is 11.4. The molecule has 1 rings (SSSR count). The lowest BCUT2D eigenvalue weighted by Crippen LogP contribution is -2.20. The van der Waals surface area contributed by atoms with Gasteiger partial charge < -0.3 is 10.5 Å². The normalized spacial score (nSPS) is 11.9. The lowest BCUT2D eigenvalue weighted by Gasteiger charge is -2.09. The third-order valence-corrected chi connectivity index (χ3v) is 3.19. The van der Waals surface area contributed by atoms with Gasteiger partial charge in [0.2, 0.25) is 0 Å². The molecule has 0 aliphatic heterocycles. The maximum atomic E-state index is 12.0. The average Bonchev–Trinajstić information content (AvgIpc) is 2.83. The molecule has 1 heterocycles. The van der Waals surface area contributed by atoms with Crippen LogP contribution in [0.4, 0.5) is 0 Å². The fraction of sp³-hybridized carbons (Fsp3) is 0.385. The Balaban J connectivity index is 3.14. The van der Waals surface area contributed by atoms with Crippen molar-refractivity contribution in [1.82, 2.24) is 0 Å². The van der Waals surface area contributed by atoms with Crippen LogP contribution in [0.3, 0.4) is 0 Å². The summed E-state index contributed by atoms with van der Waals surface area (Å²) >= 11 is 1.39. The van der Waals surface area contributed by atoms with Crippen LogP contribution in [-0.2, 0) is 14.3 Å². The lowest BCUT2D eigenvalue weighted by molar-refractivity contribution is -0.139. The molecule has 0 fully saturated rings. The Morgan fingerprint density at radius 1 is 1.39 bits per heavy atom. The Morgan fingerprint density at radius 2 is 2.11 bits per heavy atom. The summed E-state index contributed by atoms with van der Waals surface area (Å²) in [5, 5.41) is 1.84. The SMILES string of the molecule is CCCC(=O)C(C(=O)OCC)=C(N)c1cccs1. The summed E-state index contributed by atoms with van der Waals surface area (Å²) in [5.41, 5.74) is 6.10. The number of hydrogen-bond acceptors (Lipinski definition) is 5. The van der Waals surface area contributed by atoms with Gasteiger partial charge >= 0.3 is 5.97 Å². The van der Waals surface area contributed by atoms with Crippen LogP contribution in [0.5, 0.6) is 0 Å². The molecule has 4 nitrogen and oxygen atoms in total. The molecule has 2 N–H and O–H groups in total. The average molecular weight is 267 g/mol. The molecule has 0 saturated carbocycles. The number of esters is 1. The Kier molecular flexibility index (Phi) is 5.58. The summed E-state index contributed by atoms with van der Waals surface area (Å²) in [4.78, 5) is 24.5. The van der Waals surface area contributed by atoms with Crippen LogP contribution < -0.4 is 5.73 Å². The fourth-order valence-corrected chi connectivity index (χ4v) is 2.17. The van der Waals surface area contributed by atoms with Gasteiger partial charge in [0, 0.05) is 6.42 Å². The number of nitrogens with two attached hydrogens (primary N) is 1. The maximum absolute atomic E-state index is 12.0. The van der Waals surface area contributed by atoms with E-state index in [0.717, 1.165) is 0 Å². The van der Waals surface area contributed by atoms with Crippen LogP contribution in [0.1, 0.15) is 31.6 Å². The van der Waals surface area contributed by atoms with Gasteiger partial charge in [-0.1, -0.05) is 13.0 Å². The monoisotopic (exact) mass is 267 g/mol. The van der Waals surface area contributed by atoms with E-state index in [2.05, 4.69) is 0 Å². The molecular formula is C13H17NO3S. The zero-order valence-electron chi connectivity index (χ0n) is 10.6. The largest absolute Gasteiger partial charge is 0.462 e. The minimum atomic E-state index is -0.637. The number of rotatable bonds is 6. The summed E-state index contributed by atoms with van der Waals surface area (Å²) in [6.45, 7) is 3.79. The van der Waals surface area contributed by atoms with E-state index < -0.39 is 5.97 Å². The van der Waals surface area contributed by atoms with Crippen molar-refractivity contribution in [2.45, 2.75) is 26.7 Å². The fourth-order valence-electron chi connectivity index (χ4n) is 1.48. The van der Waals surface area contributed by atoms with Gasteiger partial charge in [0.1, 0.15) is 5.57 Å². The molecule has 0 unspecified atom stereocenters.